The molecule has 2 N–H and O–H groups in total. The van der Waals surface area contributed by atoms with E-state index in [1.807, 2.05) is 12.1 Å². The largest absolute Gasteiger partial charge is 0.493 e. The van der Waals surface area contributed by atoms with Crippen LogP contribution in [0.3, 0.4) is 0 Å². The summed E-state index contributed by atoms with van der Waals surface area (Å²) in [6, 6.07) is 8.22. The monoisotopic (exact) mass is 377 g/mol. The van der Waals surface area contributed by atoms with Crippen LogP contribution in [0.15, 0.2) is 33.8 Å². The molecule has 0 spiro atoms. The maximum atomic E-state index is 11.2. The molecule has 0 atom stereocenters. The quantitative estimate of drug-likeness (QED) is 0.802. The number of benzene rings is 1. The molecule has 112 valence electrons. The SMILES string of the molecule is O=C1CNC(c2cc3c(s2)-c2ccc(Br)cc2OCC3)=NN1. The van der Waals surface area contributed by atoms with Crippen molar-refractivity contribution in [2.45, 2.75) is 6.42 Å². The second-order valence-corrected chi connectivity index (χ2v) is 7.02. The van der Waals surface area contributed by atoms with E-state index in [2.05, 4.69) is 43.9 Å². The maximum absolute atomic E-state index is 11.2. The number of rotatable bonds is 1. The van der Waals surface area contributed by atoms with E-state index in [-0.39, 0.29) is 12.5 Å². The van der Waals surface area contributed by atoms with Crippen LogP contribution in [0.4, 0.5) is 0 Å². The summed E-state index contributed by atoms with van der Waals surface area (Å²) < 4.78 is 6.85. The summed E-state index contributed by atoms with van der Waals surface area (Å²) in [5.74, 6) is 1.50. The Morgan fingerprint density at radius 2 is 2.23 bits per heavy atom. The number of nitrogens with zero attached hydrogens (tertiary/aromatic N) is 1. The Morgan fingerprint density at radius 1 is 1.32 bits per heavy atom. The van der Waals surface area contributed by atoms with Crippen molar-refractivity contribution in [3.05, 3.63) is 39.2 Å². The minimum atomic E-state index is -0.120. The van der Waals surface area contributed by atoms with Crippen molar-refractivity contribution in [1.29, 1.82) is 0 Å². The van der Waals surface area contributed by atoms with E-state index in [0.717, 1.165) is 32.9 Å². The molecule has 22 heavy (non-hydrogen) atoms. The lowest BCUT2D eigenvalue weighted by Crippen LogP contribution is -2.41. The molecule has 0 radical (unpaired) electrons. The number of fused-ring (bicyclic) bond motifs is 3. The second-order valence-electron chi connectivity index (χ2n) is 5.05. The van der Waals surface area contributed by atoms with Crippen LogP contribution in [0.2, 0.25) is 0 Å². The average Bonchev–Trinajstić information content (AvgIpc) is 2.85. The molecule has 4 rings (SSSR count). The average molecular weight is 378 g/mol. The van der Waals surface area contributed by atoms with Crippen LogP contribution in [-0.2, 0) is 11.2 Å². The summed E-state index contributed by atoms with van der Waals surface area (Å²) in [6.07, 6.45) is 0.859. The van der Waals surface area contributed by atoms with E-state index < -0.39 is 0 Å². The number of hydrogen-bond acceptors (Lipinski definition) is 5. The van der Waals surface area contributed by atoms with E-state index in [0.29, 0.717) is 6.61 Å². The van der Waals surface area contributed by atoms with Crippen molar-refractivity contribution >= 4 is 39.0 Å². The Kier molecular flexibility index (Phi) is 3.38. The minimum Gasteiger partial charge on any atom is -0.493 e. The van der Waals surface area contributed by atoms with Gasteiger partial charge in [-0.2, -0.15) is 5.10 Å². The molecule has 3 heterocycles. The highest BCUT2D eigenvalue weighted by Crippen LogP contribution is 2.41. The summed E-state index contributed by atoms with van der Waals surface area (Å²) in [5.41, 5.74) is 4.87. The minimum absolute atomic E-state index is 0.120. The smallest absolute Gasteiger partial charge is 0.259 e. The Labute approximate surface area is 139 Å². The number of carbonyl (C=O) groups is 1. The van der Waals surface area contributed by atoms with Gasteiger partial charge in [-0.05, 0) is 29.8 Å². The van der Waals surface area contributed by atoms with Crippen LogP contribution in [0.25, 0.3) is 10.4 Å². The lowest BCUT2D eigenvalue weighted by atomic mass is 10.1. The summed E-state index contributed by atoms with van der Waals surface area (Å²) in [6.45, 7) is 0.914. The van der Waals surface area contributed by atoms with Crippen LogP contribution in [0.5, 0.6) is 5.75 Å². The van der Waals surface area contributed by atoms with Gasteiger partial charge in [0.2, 0.25) is 0 Å². The van der Waals surface area contributed by atoms with E-state index in [9.17, 15) is 4.79 Å². The lowest BCUT2D eigenvalue weighted by molar-refractivity contribution is -0.120. The van der Waals surface area contributed by atoms with Gasteiger partial charge in [0.15, 0.2) is 5.84 Å². The number of carbonyl (C=O) groups excluding carboxylic acids is 1. The molecule has 1 aromatic carbocycles. The molecule has 0 aliphatic carbocycles. The zero-order valence-corrected chi connectivity index (χ0v) is 13.9. The van der Waals surface area contributed by atoms with Gasteiger partial charge < -0.3 is 10.1 Å². The molecule has 0 fully saturated rings. The fourth-order valence-corrected chi connectivity index (χ4v) is 4.08. The van der Waals surface area contributed by atoms with Crippen LogP contribution in [0, 0.1) is 0 Å². The van der Waals surface area contributed by atoms with Gasteiger partial charge in [-0.15, -0.1) is 11.3 Å². The number of hydrogen-bond donors (Lipinski definition) is 2. The van der Waals surface area contributed by atoms with Gasteiger partial charge in [-0.25, -0.2) is 5.43 Å². The fraction of sp³-hybridized carbons (Fsp3) is 0.200. The van der Waals surface area contributed by atoms with Crippen LogP contribution >= 0.6 is 27.3 Å². The van der Waals surface area contributed by atoms with Gasteiger partial charge in [0.25, 0.3) is 5.91 Å². The zero-order chi connectivity index (χ0) is 15.1. The molecule has 5 nitrogen and oxygen atoms in total. The lowest BCUT2D eigenvalue weighted by Gasteiger charge is -2.12. The topological polar surface area (TPSA) is 62.7 Å². The number of halogens is 1. The number of amidine groups is 1. The molecule has 0 saturated carbocycles. The number of amides is 1. The fourth-order valence-electron chi connectivity index (χ4n) is 2.54. The predicted molar refractivity (Wildman–Crippen MR) is 89.3 cm³/mol. The molecular formula is C15H12BrN3O2S. The second kappa shape index (κ2) is 5.40. The van der Waals surface area contributed by atoms with Gasteiger partial charge in [0, 0.05) is 21.3 Å². The summed E-state index contributed by atoms with van der Waals surface area (Å²) >= 11 is 5.15. The highest BCUT2D eigenvalue weighted by Gasteiger charge is 2.22. The molecule has 0 bridgehead atoms. The van der Waals surface area contributed by atoms with Crippen molar-refractivity contribution in [2.24, 2.45) is 5.10 Å². The first-order valence-electron chi connectivity index (χ1n) is 6.87. The third-order valence-corrected chi connectivity index (χ3v) is 5.28. The zero-order valence-electron chi connectivity index (χ0n) is 11.5. The Morgan fingerprint density at radius 3 is 3.05 bits per heavy atom. The van der Waals surface area contributed by atoms with E-state index in [1.54, 1.807) is 11.3 Å². The first-order valence-corrected chi connectivity index (χ1v) is 8.48. The van der Waals surface area contributed by atoms with E-state index in [1.165, 1.54) is 10.4 Å². The first kappa shape index (κ1) is 13.8. The number of ether oxygens (including phenoxy) is 1. The molecular weight excluding hydrogens is 366 g/mol. The molecule has 2 aliphatic heterocycles. The Bertz CT molecular complexity index is 800. The molecule has 0 unspecified atom stereocenters. The summed E-state index contributed by atoms with van der Waals surface area (Å²) in [4.78, 5) is 13.4. The van der Waals surface area contributed by atoms with Crippen LogP contribution in [0.1, 0.15) is 10.4 Å². The predicted octanol–water partition coefficient (Wildman–Crippen LogP) is 2.49. The van der Waals surface area contributed by atoms with Crippen LogP contribution in [-0.4, -0.2) is 24.9 Å². The van der Waals surface area contributed by atoms with Gasteiger partial charge in [-0.3, -0.25) is 4.79 Å². The normalized spacial score (nSPS) is 16.4. The third-order valence-electron chi connectivity index (χ3n) is 3.57. The highest BCUT2D eigenvalue weighted by molar-refractivity contribution is 9.10. The van der Waals surface area contributed by atoms with Gasteiger partial charge in [0.1, 0.15) is 5.75 Å². The Hall–Kier alpha value is -1.86. The van der Waals surface area contributed by atoms with Crippen molar-refractivity contribution in [3.8, 4) is 16.2 Å². The van der Waals surface area contributed by atoms with Gasteiger partial charge in [0.05, 0.1) is 18.0 Å². The molecule has 2 aliphatic rings. The number of nitrogens with one attached hydrogen (secondary N) is 2. The van der Waals surface area contributed by atoms with E-state index >= 15 is 0 Å². The van der Waals surface area contributed by atoms with Crippen molar-refractivity contribution in [1.82, 2.24) is 10.7 Å². The van der Waals surface area contributed by atoms with Crippen molar-refractivity contribution in [3.63, 3.8) is 0 Å². The number of hydrazone groups is 1. The molecule has 0 saturated heterocycles. The maximum Gasteiger partial charge on any atom is 0.259 e. The summed E-state index contributed by atoms with van der Waals surface area (Å²) in [5, 5.41) is 7.15. The molecule has 7 heteroatoms. The summed E-state index contributed by atoms with van der Waals surface area (Å²) in [7, 11) is 0. The van der Waals surface area contributed by atoms with Gasteiger partial charge in [-0.1, -0.05) is 15.9 Å². The van der Waals surface area contributed by atoms with Gasteiger partial charge >= 0.3 is 0 Å². The Balaban J connectivity index is 1.79. The standard InChI is InChI=1S/C15H12BrN3O2S/c16-9-1-2-10-11(6-9)21-4-3-8-5-12(22-14(8)10)15-17-7-13(20)18-19-15/h1-2,5-6H,3-4,7H2,(H,17,19)(H,18,20). The van der Waals surface area contributed by atoms with Crippen LogP contribution < -0.4 is 15.5 Å². The highest BCUT2D eigenvalue weighted by atomic mass is 79.9. The first-order chi connectivity index (χ1) is 10.7. The third kappa shape index (κ3) is 2.40. The van der Waals surface area contributed by atoms with Crippen molar-refractivity contribution in [2.75, 3.05) is 13.2 Å². The molecule has 1 amide bonds. The van der Waals surface area contributed by atoms with E-state index in [4.69, 9.17) is 4.74 Å². The van der Waals surface area contributed by atoms with Crippen molar-refractivity contribution < 1.29 is 9.53 Å². The molecule has 2 aromatic rings. The number of thiophene rings is 1. The molecule has 1 aromatic heterocycles.